The van der Waals surface area contributed by atoms with E-state index in [1.165, 1.54) is 16.8 Å². The first-order valence-electron chi connectivity index (χ1n) is 5.23. The molecule has 0 saturated heterocycles. The second-order valence-electron chi connectivity index (χ2n) is 3.77. The number of amides is 1. The van der Waals surface area contributed by atoms with Gasteiger partial charge in [0.1, 0.15) is 12.3 Å². The third kappa shape index (κ3) is 2.46. The zero-order chi connectivity index (χ0) is 13.1. The van der Waals surface area contributed by atoms with Crippen LogP contribution in [0.25, 0.3) is 0 Å². The maximum absolute atomic E-state index is 11.6. The van der Waals surface area contributed by atoms with E-state index in [4.69, 9.17) is 10.3 Å². The van der Waals surface area contributed by atoms with Crippen molar-refractivity contribution in [1.82, 2.24) is 15.2 Å². The summed E-state index contributed by atoms with van der Waals surface area (Å²) in [4.78, 5) is 22.8. The lowest BCUT2D eigenvalue weighted by Gasteiger charge is -2.01. The molecule has 0 aliphatic heterocycles. The highest BCUT2D eigenvalue weighted by Crippen LogP contribution is 2.08. The summed E-state index contributed by atoms with van der Waals surface area (Å²) >= 11 is 0. The van der Waals surface area contributed by atoms with Gasteiger partial charge in [0, 0.05) is 6.07 Å². The van der Waals surface area contributed by atoms with Crippen molar-refractivity contribution in [2.24, 2.45) is 5.84 Å². The zero-order valence-corrected chi connectivity index (χ0v) is 9.71. The van der Waals surface area contributed by atoms with Gasteiger partial charge < -0.3 is 4.42 Å². The first-order valence-corrected chi connectivity index (χ1v) is 5.23. The van der Waals surface area contributed by atoms with E-state index in [-0.39, 0.29) is 17.9 Å². The fourth-order valence-corrected chi connectivity index (χ4v) is 1.45. The maximum atomic E-state index is 11.6. The van der Waals surface area contributed by atoms with Crippen LogP contribution < -0.4 is 16.8 Å². The zero-order valence-electron chi connectivity index (χ0n) is 9.71. The van der Waals surface area contributed by atoms with Gasteiger partial charge in [0.15, 0.2) is 5.76 Å². The van der Waals surface area contributed by atoms with E-state index in [1.54, 1.807) is 19.2 Å². The van der Waals surface area contributed by atoms with E-state index >= 15 is 0 Å². The van der Waals surface area contributed by atoms with Crippen LogP contribution in [-0.2, 0) is 6.54 Å². The molecule has 1 amide bonds. The number of hydrogen-bond donors (Lipinski definition) is 2. The molecule has 2 aromatic rings. The Morgan fingerprint density at radius 3 is 3.00 bits per heavy atom. The lowest BCUT2D eigenvalue weighted by molar-refractivity contribution is 0.0924. The van der Waals surface area contributed by atoms with Crippen molar-refractivity contribution in [2.45, 2.75) is 13.5 Å². The summed E-state index contributed by atoms with van der Waals surface area (Å²) in [6, 6.07) is 4.55. The van der Waals surface area contributed by atoms with E-state index in [0.717, 1.165) is 5.56 Å². The van der Waals surface area contributed by atoms with E-state index in [1.807, 2.05) is 5.43 Å². The molecule has 7 nitrogen and oxygen atoms in total. The Bertz CT molecular complexity index is 629. The van der Waals surface area contributed by atoms with Crippen molar-refractivity contribution >= 4 is 5.91 Å². The lowest BCUT2D eigenvalue weighted by atomic mass is 10.3. The number of nitrogen functional groups attached to an aromatic ring is 1. The molecule has 2 rings (SSSR count). The van der Waals surface area contributed by atoms with Crippen molar-refractivity contribution in [1.29, 1.82) is 0 Å². The Hall–Kier alpha value is -2.41. The number of hydrazine groups is 1. The highest BCUT2D eigenvalue weighted by atomic mass is 16.4. The summed E-state index contributed by atoms with van der Waals surface area (Å²) in [7, 11) is 0. The number of carbonyl (C=O) groups is 1. The smallest absolute Gasteiger partial charge is 0.300 e. The van der Waals surface area contributed by atoms with Crippen LogP contribution in [0.2, 0.25) is 0 Å². The third-order valence-corrected chi connectivity index (χ3v) is 2.33. The molecule has 94 valence electrons. The summed E-state index contributed by atoms with van der Waals surface area (Å²) in [6.07, 6.45) is 1.58. The predicted molar refractivity (Wildman–Crippen MR) is 62.7 cm³/mol. The van der Waals surface area contributed by atoms with Gasteiger partial charge in [-0.1, -0.05) is 0 Å². The first-order chi connectivity index (χ1) is 8.60. The molecule has 7 heteroatoms. The van der Waals surface area contributed by atoms with Crippen LogP contribution in [0.3, 0.4) is 0 Å². The van der Waals surface area contributed by atoms with Crippen LogP contribution in [0.4, 0.5) is 0 Å². The number of carbonyl (C=O) groups excluding carboxylic acids is 1. The average molecular weight is 248 g/mol. The molecule has 2 heterocycles. The van der Waals surface area contributed by atoms with Crippen molar-refractivity contribution in [3.8, 4) is 0 Å². The van der Waals surface area contributed by atoms with E-state index in [0.29, 0.717) is 5.76 Å². The normalized spacial score (nSPS) is 10.3. The van der Waals surface area contributed by atoms with Crippen molar-refractivity contribution < 1.29 is 9.21 Å². The minimum atomic E-state index is -0.523. The number of rotatable bonds is 3. The fraction of sp³-hybridized carbons (Fsp3) is 0.182. The number of nitrogens with two attached hydrogens (primary N) is 1. The van der Waals surface area contributed by atoms with Crippen LogP contribution in [0.5, 0.6) is 0 Å². The maximum Gasteiger partial charge on any atom is 0.300 e. The Morgan fingerprint density at radius 1 is 1.56 bits per heavy atom. The monoisotopic (exact) mass is 248 g/mol. The van der Waals surface area contributed by atoms with Crippen molar-refractivity contribution in [3.63, 3.8) is 0 Å². The van der Waals surface area contributed by atoms with Gasteiger partial charge in [-0.2, -0.15) is 5.10 Å². The van der Waals surface area contributed by atoms with Gasteiger partial charge in [0.25, 0.3) is 5.56 Å². The van der Waals surface area contributed by atoms with Crippen LogP contribution in [-0.4, -0.2) is 15.7 Å². The second-order valence-corrected chi connectivity index (χ2v) is 3.77. The molecule has 2 aromatic heterocycles. The first kappa shape index (κ1) is 12.1. The average Bonchev–Trinajstić information content (AvgIpc) is 2.80. The summed E-state index contributed by atoms with van der Waals surface area (Å²) in [6.45, 7) is 1.95. The standard InChI is InChI=1S/C11H12N4O3/c1-7-4-10(16)15(13-5-7)6-8-2-3-9(18-8)11(17)14-12/h2-5H,6,12H2,1H3,(H,14,17). The number of nitrogens with one attached hydrogen (secondary N) is 1. The molecule has 0 aromatic carbocycles. The van der Waals surface area contributed by atoms with Crippen LogP contribution in [0.1, 0.15) is 21.9 Å². The molecule has 3 N–H and O–H groups in total. The van der Waals surface area contributed by atoms with Crippen molar-refractivity contribution in [3.05, 3.63) is 51.8 Å². The summed E-state index contributed by atoms with van der Waals surface area (Å²) in [5, 5.41) is 3.97. The SMILES string of the molecule is Cc1cnn(Cc2ccc(C(=O)NN)o2)c(=O)c1. The van der Waals surface area contributed by atoms with Crippen LogP contribution >= 0.6 is 0 Å². The van der Waals surface area contributed by atoms with Crippen LogP contribution in [0, 0.1) is 6.92 Å². The molecule has 0 aliphatic rings. The summed E-state index contributed by atoms with van der Waals surface area (Å²) < 4.78 is 6.48. The molecule has 0 unspecified atom stereocenters. The summed E-state index contributed by atoms with van der Waals surface area (Å²) in [5.74, 6) is 5.00. The van der Waals surface area contributed by atoms with Gasteiger partial charge in [0.2, 0.25) is 0 Å². The molecular formula is C11H12N4O3. The highest BCUT2D eigenvalue weighted by molar-refractivity contribution is 5.90. The van der Waals surface area contributed by atoms with E-state index in [9.17, 15) is 9.59 Å². The Labute approximate surface area is 102 Å². The second kappa shape index (κ2) is 4.84. The Balaban J connectivity index is 2.21. The van der Waals surface area contributed by atoms with E-state index in [2.05, 4.69) is 5.10 Å². The highest BCUT2D eigenvalue weighted by Gasteiger charge is 2.10. The van der Waals surface area contributed by atoms with Gasteiger partial charge in [-0.05, 0) is 24.6 Å². The summed E-state index contributed by atoms with van der Waals surface area (Å²) in [5.41, 5.74) is 2.53. The molecule has 0 spiro atoms. The molecule has 0 bridgehead atoms. The Kier molecular flexibility index (Phi) is 3.24. The molecule has 0 atom stereocenters. The van der Waals surface area contributed by atoms with Gasteiger partial charge >= 0.3 is 5.91 Å². The molecular weight excluding hydrogens is 236 g/mol. The predicted octanol–water partition coefficient (Wildman–Crippen LogP) is -0.203. The molecule has 0 fully saturated rings. The number of aromatic nitrogens is 2. The fourth-order valence-electron chi connectivity index (χ4n) is 1.45. The number of hydrogen-bond acceptors (Lipinski definition) is 5. The number of aryl methyl sites for hydroxylation is 1. The Morgan fingerprint density at radius 2 is 2.33 bits per heavy atom. The van der Waals surface area contributed by atoms with Gasteiger partial charge in [-0.25, -0.2) is 10.5 Å². The minimum absolute atomic E-state index is 0.0904. The molecule has 0 radical (unpaired) electrons. The van der Waals surface area contributed by atoms with Crippen LogP contribution in [0.15, 0.2) is 33.6 Å². The number of nitrogens with zero attached hydrogens (tertiary/aromatic N) is 2. The van der Waals surface area contributed by atoms with E-state index < -0.39 is 5.91 Å². The quantitative estimate of drug-likeness (QED) is 0.444. The topological polar surface area (TPSA) is 103 Å². The largest absolute Gasteiger partial charge is 0.454 e. The molecule has 0 saturated carbocycles. The molecule has 18 heavy (non-hydrogen) atoms. The minimum Gasteiger partial charge on any atom is -0.454 e. The molecule has 0 aliphatic carbocycles. The van der Waals surface area contributed by atoms with Gasteiger partial charge in [-0.3, -0.25) is 15.0 Å². The van der Waals surface area contributed by atoms with Gasteiger partial charge in [-0.15, -0.1) is 0 Å². The third-order valence-electron chi connectivity index (χ3n) is 2.33. The van der Waals surface area contributed by atoms with Gasteiger partial charge in [0.05, 0.1) is 6.20 Å². The van der Waals surface area contributed by atoms with Crippen molar-refractivity contribution in [2.75, 3.05) is 0 Å². The lowest BCUT2D eigenvalue weighted by Crippen LogP contribution is -2.29. The number of furan rings is 1.